The molecule has 0 aliphatic rings. The first-order valence-corrected chi connectivity index (χ1v) is 12.2. The van der Waals surface area contributed by atoms with Crippen LogP contribution in [-0.2, 0) is 22.7 Å². The predicted molar refractivity (Wildman–Crippen MR) is 130 cm³/mol. The van der Waals surface area contributed by atoms with Crippen LogP contribution in [0.5, 0.6) is 5.75 Å². The number of primary amides is 1. The number of carbonyl (C=O) groups is 3. The van der Waals surface area contributed by atoms with Gasteiger partial charge in [-0.1, -0.05) is 35.5 Å². The molecule has 2 amide bonds. The van der Waals surface area contributed by atoms with Crippen LogP contribution >= 0.6 is 34.7 Å². The molecule has 0 unspecified atom stereocenters. The standard InChI is InChI=1S/C21H22ClN5O5S2/c1-4-27-14(9-32-13-8-6-5-7-12(13)22)25-26-21(27)33-10-15(28)24-19-16(20(30)31-3)11(2)17(34-19)18(23)29/h5-8H,4,9-10H2,1-3H3,(H2,23,29)(H,24,28). The molecule has 3 rings (SSSR count). The lowest BCUT2D eigenvalue weighted by atomic mass is 10.1. The number of aromatic nitrogens is 3. The van der Waals surface area contributed by atoms with Gasteiger partial charge in [0.15, 0.2) is 11.0 Å². The van der Waals surface area contributed by atoms with Crippen LogP contribution in [-0.4, -0.2) is 45.4 Å². The Morgan fingerprint density at radius 3 is 2.65 bits per heavy atom. The number of ether oxygens (including phenoxy) is 2. The van der Waals surface area contributed by atoms with E-state index in [1.165, 1.54) is 18.9 Å². The quantitative estimate of drug-likeness (QED) is 0.304. The molecule has 0 radical (unpaired) electrons. The van der Waals surface area contributed by atoms with Gasteiger partial charge < -0.3 is 25.1 Å². The third-order valence-electron chi connectivity index (χ3n) is 4.65. The van der Waals surface area contributed by atoms with Gasteiger partial charge in [0.05, 0.1) is 28.3 Å². The largest absolute Gasteiger partial charge is 0.484 e. The van der Waals surface area contributed by atoms with Crippen LogP contribution in [0.15, 0.2) is 29.4 Å². The van der Waals surface area contributed by atoms with E-state index in [1.54, 1.807) is 19.1 Å². The maximum Gasteiger partial charge on any atom is 0.341 e. The number of thioether (sulfide) groups is 1. The first-order chi connectivity index (χ1) is 16.3. The summed E-state index contributed by atoms with van der Waals surface area (Å²) in [6.07, 6.45) is 0. The van der Waals surface area contributed by atoms with Gasteiger partial charge in [-0.05, 0) is 31.5 Å². The fourth-order valence-corrected chi connectivity index (χ4v) is 5.11. The van der Waals surface area contributed by atoms with Crippen molar-refractivity contribution in [1.82, 2.24) is 14.8 Å². The van der Waals surface area contributed by atoms with E-state index in [-0.39, 0.29) is 27.8 Å². The van der Waals surface area contributed by atoms with Gasteiger partial charge in [-0.3, -0.25) is 9.59 Å². The highest BCUT2D eigenvalue weighted by Gasteiger charge is 2.25. The SMILES string of the molecule is CCn1c(COc2ccccc2Cl)nnc1SCC(=O)Nc1sc(C(N)=O)c(C)c1C(=O)OC. The molecular weight excluding hydrogens is 502 g/mol. The van der Waals surface area contributed by atoms with E-state index in [9.17, 15) is 14.4 Å². The number of carbonyl (C=O) groups excluding carboxylic acids is 3. The van der Waals surface area contributed by atoms with Crippen molar-refractivity contribution < 1.29 is 23.9 Å². The number of nitrogens with one attached hydrogen (secondary N) is 1. The van der Waals surface area contributed by atoms with Crippen molar-refractivity contribution in [1.29, 1.82) is 0 Å². The molecule has 0 saturated carbocycles. The summed E-state index contributed by atoms with van der Waals surface area (Å²) in [5, 5.41) is 12.2. The molecule has 0 fully saturated rings. The summed E-state index contributed by atoms with van der Waals surface area (Å²) in [4.78, 5) is 36.6. The number of nitrogens with two attached hydrogens (primary N) is 1. The molecule has 0 bridgehead atoms. The van der Waals surface area contributed by atoms with Crippen LogP contribution in [0.25, 0.3) is 0 Å². The minimum absolute atomic E-state index is 0.00698. The van der Waals surface area contributed by atoms with Crippen LogP contribution in [0.3, 0.4) is 0 Å². The predicted octanol–water partition coefficient (Wildman–Crippen LogP) is 3.52. The van der Waals surface area contributed by atoms with Gasteiger partial charge in [-0.15, -0.1) is 21.5 Å². The molecule has 2 aromatic heterocycles. The minimum atomic E-state index is -0.690. The van der Waals surface area contributed by atoms with Crippen LogP contribution < -0.4 is 15.8 Å². The topological polar surface area (TPSA) is 138 Å². The lowest BCUT2D eigenvalue weighted by Crippen LogP contribution is -2.16. The Bertz CT molecular complexity index is 1230. The number of nitrogens with zero attached hydrogens (tertiary/aromatic N) is 3. The van der Waals surface area contributed by atoms with Gasteiger partial charge in [0, 0.05) is 6.54 Å². The van der Waals surface area contributed by atoms with Crippen LogP contribution in [0.2, 0.25) is 5.02 Å². The Hall–Kier alpha value is -3.09. The highest BCUT2D eigenvalue weighted by Crippen LogP contribution is 2.33. The zero-order valence-corrected chi connectivity index (χ0v) is 21.0. The van der Waals surface area contributed by atoms with Gasteiger partial charge in [0.2, 0.25) is 5.91 Å². The number of benzene rings is 1. The molecule has 180 valence electrons. The molecule has 0 atom stereocenters. The van der Waals surface area contributed by atoms with E-state index in [1.807, 2.05) is 23.6 Å². The fraction of sp³-hybridized carbons (Fsp3) is 0.286. The average molecular weight is 524 g/mol. The number of amides is 2. The molecule has 0 aliphatic carbocycles. The van der Waals surface area contributed by atoms with E-state index in [0.717, 1.165) is 11.3 Å². The molecule has 0 saturated heterocycles. The van der Waals surface area contributed by atoms with E-state index < -0.39 is 17.8 Å². The fourth-order valence-electron chi connectivity index (χ4n) is 3.03. The number of esters is 1. The Morgan fingerprint density at radius 2 is 2.00 bits per heavy atom. The summed E-state index contributed by atoms with van der Waals surface area (Å²) in [6.45, 7) is 4.22. The molecular formula is C21H22ClN5O5S2. The van der Waals surface area contributed by atoms with Crippen LogP contribution in [0.4, 0.5) is 5.00 Å². The van der Waals surface area contributed by atoms with E-state index in [4.69, 9.17) is 26.8 Å². The number of rotatable bonds is 10. The first kappa shape index (κ1) is 25.5. The summed E-state index contributed by atoms with van der Waals surface area (Å²) in [5.41, 5.74) is 5.84. The zero-order valence-electron chi connectivity index (χ0n) is 18.6. The van der Waals surface area contributed by atoms with Crippen molar-refractivity contribution in [3.05, 3.63) is 51.1 Å². The van der Waals surface area contributed by atoms with Crippen LogP contribution in [0.1, 0.15) is 38.3 Å². The summed E-state index contributed by atoms with van der Waals surface area (Å²) in [6, 6.07) is 7.12. The van der Waals surface area contributed by atoms with Crippen LogP contribution in [0, 0.1) is 6.92 Å². The molecule has 2 heterocycles. The third-order valence-corrected chi connectivity index (χ3v) is 7.15. The number of hydrogen-bond acceptors (Lipinski definition) is 9. The molecule has 0 spiro atoms. The van der Waals surface area contributed by atoms with Gasteiger partial charge in [0.1, 0.15) is 17.4 Å². The van der Waals surface area contributed by atoms with E-state index in [2.05, 4.69) is 15.5 Å². The Kier molecular flexibility index (Phi) is 8.53. The minimum Gasteiger partial charge on any atom is -0.484 e. The highest BCUT2D eigenvalue weighted by atomic mass is 35.5. The number of para-hydroxylation sites is 1. The highest BCUT2D eigenvalue weighted by molar-refractivity contribution is 7.99. The zero-order chi connectivity index (χ0) is 24.8. The third kappa shape index (κ3) is 5.69. The molecule has 1 aromatic carbocycles. The maximum absolute atomic E-state index is 12.6. The van der Waals surface area contributed by atoms with Crippen molar-refractivity contribution >= 4 is 57.5 Å². The molecule has 3 aromatic rings. The second kappa shape index (κ2) is 11.4. The van der Waals surface area contributed by atoms with Crippen molar-refractivity contribution in [2.45, 2.75) is 32.2 Å². The molecule has 13 heteroatoms. The summed E-state index contributed by atoms with van der Waals surface area (Å²) in [7, 11) is 1.22. The lowest BCUT2D eigenvalue weighted by molar-refractivity contribution is -0.113. The van der Waals surface area contributed by atoms with E-state index in [0.29, 0.717) is 33.9 Å². The second-order valence-electron chi connectivity index (χ2n) is 6.82. The molecule has 3 N–H and O–H groups in total. The number of anilines is 1. The Labute approximate surface area is 208 Å². The first-order valence-electron chi connectivity index (χ1n) is 10.00. The van der Waals surface area contributed by atoms with Crippen molar-refractivity contribution in [3.8, 4) is 5.75 Å². The Morgan fingerprint density at radius 1 is 1.26 bits per heavy atom. The molecule has 0 aliphatic heterocycles. The summed E-state index contributed by atoms with van der Waals surface area (Å²) >= 11 is 8.22. The Balaban J connectivity index is 1.68. The molecule has 10 nitrogen and oxygen atoms in total. The lowest BCUT2D eigenvalue weighted by Gasteiger charge is -2.10. The van der Waals surface area contributed by atoms with Crippen molar-refractivity contribution in [3.63, 3.8) is 0 Å². The monoisotopic (exact) mass is 523 g/mol. The van der Waals surface area contributed by atoms with Crippen molar-refractivity contribution in [2.24, 2.45) is 5.73 Å². The van der Waals surface area contributed by atoms with Gasteiger partial charge >= 0.3 is 5.97 Å². The number of halogens is 1. The van der Waals surface area contributed by atoms with Gasteiger partial charge in [0.25, 0.3) is 5.91 Å². The van der Waals surface area contributed by atoms with Gasteiger partial charge in [-0.25, -0.2) is 4.79 Å². The summed E-state index contributed by atoms with van der Waals surface area (Å²) < 4.78 is 12.3. The maximum atomic E-state index is 12.6. The second-order valence-corrected chi connectivity index (χ2v) is 9.19. The van der Waals surface area contributed by atoms with Crippen molar-refractivity contribution in [2.75, 3.05) is 18.2 Å². The normalized spacial score (nSPS) is 10.7. The summed E-state index contributed by atoms with van der Waals surface area (Å²) in [5.74, 6) is -0.646. The van der Waals surface area contributed by atoms with E-state index >= 15 is 0 Å². The number of hydrogen-bond donors (Lipinski definition) is 2. The number of methoxy groups -OCH3 is 1. The molecule has 34 heavy (non-hydrogen) atoms. The average Bonchev–Trinajstić information content (AvgIpc) is 3.36. The van der Waals surface area contributed by atoms with Gasteiger partial charge in [-0.2, -0.15) is 0 Å². The smallest absolute Gasteiger partial charge is 0.341 e. The number of thiophene rings is 1.